The molecule has 2 aromatic heterocycles. The highest BCUT2D eigenvalue weighted by molar-refractivity contribution is 7.07. The number of thiazole rings is 1. The van der Waals surface area contributed by atoms with E-state index in [1.807, 2.05) is 61.5 Å². The molecular weight excluding hydrogens is 578 g/mol. The normalized spacial score (nSPS) is 14.1. The summed E-state index contributed by atoms with van der Waals surface area (Å²) in [5.74, 6) is -0.239. The maximum atomic E-state index is 13.8. The molecule has 5 aromatic rings. The van der Waals surface area contributed by atoms with Crippen LogP contribution in [0.3, 0.4) is 0 Å². The Morgan fingerprint density at radius 1 is 0.977 bits per heavy atom. The third-order valence-electron chi connectivity index (χ3n) is 7.60. The van der Waals surface area contributed by atoms with Gasteiger partial charge in [0.05, 0.1) is 27.7 Å². The van der Waals surface area contributed by atoms with Gasteiger partial charge >= 0.3 is 0 Å². The summed E-state index contributed by atoms with van der Waals surface area (Å²) >= 11 is 1.23. The summed E-state index contributed by atoms with van der Waals surface area (Å²) in [6.07, 6.45) is 1.76. The van der Waals surface area contributed by atoms with Crippen molar-refractivity contribution in [1.29, 1.82) is 0 Å². The minimum Gasteiger partial charge on any atom is -0.306 e. The number of benzene rings is 3. The number of aromatic nitrogens is 3. The summed E-state index contributed by atoms with van der Waals surface area (Å²) in [5, 5.41) is 18.2. The highest BCUT2D eigenvalue weighted by Crippen LogP contribution is 2.31. The van der Waals surface area contributed by atoms with Gasteiger partial charge in [-0.2, -0.15) is 5.10 Å². The summed E-state index contributed by atoms with van der Waals surface area (Å²) in [6.45, 7) is 4.43. The van der Waals surface area contributed by atoms with Crippen molar-refractivity contribution in [2.45, 2.75) is 26.7 Å². The first-order valence-corrected chi connectivity index (χ1v) is 15.0. The maximum absolute atomic E-state index is 13.8. The molecule has 12 heteroatoms. The van der Waals surface area contributed by atoms with Crippen LogP contribution in [0.4, 0.5) is 17.1 Å². The molecule has 0 saturated heterocycles. The van der Waals surface area contributed by atoms with Gasteiger partial charge in [0.1, 0.15) is 0 Å². The maximum Gasteiger partial charge on any atom is 0.297 e. The van der Waals surface area contributed by atoms with Gasteiger partial charge in [-0.25, -0.2) is 14.4 Å². The van der Waals surface area contributed by atoms with Crippen molar-refractivity contribution >= 4 is 40.0 Å². The Hall–Kier alpha value is -5.36. The molecule has 0 N–H and O–H groups in total. The quantitative estimate of drug-likeness (QED) is 0.170. The van der Waals surface area contributed by atoms with Crippen molar-refractivity contribution in [1.82, 2.24) is 14.0 Å². The van der Waals surface area contributed by atoms with Gasteiger partial charge in [0.25, 0.3) is 17.2 Å². The second-order valence-electron chi connectivity index (χ2n) is 10.3. The summed E-state index contributed by atoms with van der Waals surface area (Å²) in [7, 11) is 1.79. The largest absolute Gasteiger partial charge is 0.306 e. The van der Waals surface area contributed by atoms with Crippen LogP contribution in [0.1, 0.15) is 31.0 Å². The standard InChI is InChI=1S/C32H29N7O4S/c1-4-5-18-36-26-17-10-9-16-25(26)29(30(36)40)34-37-27(22-12-11-15-24(19-22)39(42)43)20-44-32(37)33-28-21(2)35(3)38(31(28)41)23-13-7-6-8-14-23/h6-17,19-20H,4-5,18H2,1-3H3. The SMILES string of the molecule is CCCCN1C(=O)C(=Nn2c(-c3cccc([N+](=O)[O-])c3)csc2=Nc2c(C)n(C)n(-c3ccccc3)c2=O)c2ccccc21. The fourth-order valence-electron chi connectivity index (χ4n) is 5.23. The number of hydrogen-bond acceptors (Lipinski definition) is 7. The molecule has 1 amide bonds. The number of nitro groups is 1. The topological polar surface area (TPSA) is 120 Å². The van der Waals surface area contributed by atoms with Crippen molar-refractivity contribution in [2.75, 3.05) is 11.4 Å². The lowest BCUT2D eigenvalue weighted by atomic mass is 10.1. The highest BCUT2D eigenvalue weighted by Gasteiger charge is 2.34. The first-order chi connectivity index (χ1) is 21.3. The highest BCUT2D eigenvalue weighted by atomic mass is 32.1. The Kier molecular flexibility index (Phi) is 7.66. The van der Waals surface area contributed by atoms with Crippen molar-refractivity contribution in [3.63, 3.8) is 0 Å². The molecule has 0 bridgehead atoms. The van der Waals surface area contributed by atoms with Gasteiger partial charge in [-0.15, -0.1) is 11.3 Å². The van der Waals surface area contributed by atoms with Crippen LogP contribution in [0.15, 0.2) is 99.1 Å². The number of non-ortho nitro benzene ring substituents is 1. The predicted molar refractivity (Wildman–Crippen MR) is 171 cm³/mol. The molecule has 0 atom stereocenters. The van der Waals surface area contributed by atoms with Gasteiger partial charge in [0.15, 0.2) is 11.4 Å². The lowest BCUT2D eigenvalue weighted by molar-refractivity contribution is -0.384. The molecule has 0 radical (unpaired) electrons. The van der Waals surface area contributed by atoms with Crippen molar-refractivity contribution in [3.05, 3.63) is 121 Å². The van der Waals surface area contributed by atoms with E-state index in [1.165, 1.54) is 28.1 Å². The van der Waals surface area contributed by atoms with E-state index in [9.17, 15) is 19.7 Å². The van der Waals surface area contributed by atoms with E-state index in [1.54, 1.807) is 38.8 Å². The molecule has 0 aliphatic carbocycles. The Morgan fingerprint density at radius 2 is 1.73 bits per heavy atom. The predicted octanol–water partition coefficient (Wildman–Crippen LogP) is 5.55. The fraction of sp³-hybridized carbons (Fsp3) is 0.188. The van der Waals surface area contributed by atoms with E-state index in [2.05, 4.69) is 6.92 Å². The second kappa shape index (κ2) is 11.7. The molecule has 3 heterocycles. The first kappa shape index (κ1) is 28.7. The summed E-state index contributed by atoms with van der Waals surface area (Å²) in [4.78, 5) is 45.5. The second-order valence-corrected chi connectivity index (χ2v) is 11.2. The van der Waals surface area contributed by atoms with Crippen LogP contribution in [0, 0.1) is 17.0 Å². The van der Waals surface area contributed by atoms with Gasteiger partial charge in [0, 0.05) is 42.2 Å². The van der Waals surface area contributed by atoms with E-state index in [0.29, 0.717) is 39.5 Å². The zero-order valence-corrected chi connectivity index (χ0v) is 25.2. The third-order valence-corrected chi connectivity index (χ3v) is 8.42. The number of unbranched alkanes of at least 4 members (excludes halogenated alkanes) is 1. The van der Waals surface area contributed by atoms with Crippen LogP contribution in [0.25, 0.3) is 16.9 Å². The van der Waals surface area contributed by atoms with Crippen molar-refractivity contribution in [3.8, 4) is 16.9 Å². The van der Waals surface area contributed by atoms with Crippen molar-refractivity contribution < 1.29 is 9.72 Å². The molecule has 0 fully saturated rings. The molecule has 0 unspecified atom stereocenters. The molecule has 6 rings (SSSR count). The lowest BCUT2D eigenvalue weighted by Gasteiger charge is -2.15. The zero-order chi connectivity index (χ0) is 31.0. The zero-order valence-electron chi connectivity index (χ0n) is 24.4. The summed E-state index contributed by atoms with van der Waals surface area (Å²) in [6, 6.07) is 23.0. The fourth-order valence-corrected chi connectivity index (χ4v) is 6.06. The van der Waals surface area contributed by atoms with Crippen LogP contribution in [0.5, 0.6) is 0 Å². The number of carbonyl (C=O) groups excluding carboxylic acids is 1. The third kappa shape index (κ3) is 4.98. The average Bonchev–Trinajstić information content (AvgIpc) is 3.63. The van der Waals surface area contributed by atoms with E-state index in [4.69, 9.17) is 10.1 Å². The van der Waals surface area contributed by atoms with E-state index < -0.39 is 4.92 Å². The molecule has 1 aliphatic rings. The number of hydrogen-bond donors (Lipinski definition) is 0. The van der Waals surface area contributed by atoms with Gasteiger partial charge in [0.2, 0.25) is 4.80 Å². The number of carbonyl (C=O) groups is 1. The van der Waals surface area contributed by atoms with Gasteiger partial charge in [-0.3, -0.25) is 24.4 Å². The minimum atomic E-state index is -0.459. The Labute approximate surface area is 256 Å². The van der Waals surface area contributed by atoms with Crippen LogP contribution < -0.4 is 15.3 Å². The van der Waals surface area contributed by atoms with Gasteiger partial charge < -0.3 is 4.90 Å². The Balaban J connectivity index is 1.59. The molecule has 11 nitrogen and oxygen atoms in total. The van der Waals surface area contributed by atoms with Crippen LogP contribution in [0.2, 0.25) is 0 Å². The Morgan fingerprint density at radius 3 is 2.48 bits per heavy atom. The number of para-hydroxylation sites is 2. The number of nitro benzene ring substituents is 1. The number of nitrogens with zero attached hydrogens (tertiary/aromatic N) is 7. The van der Waals surface area contributed by atoms with Gasteiger partial charge in [-0.05, 0) is 31.5 Å². The number of fused-ring (bicyclic) bond motifs is 1. The number of amides is 1. The summed E-state index contributed by atoms with van der Waals surface area (Å²) < 4.78 is 4.79. The number of anilines is 1. The smallest absolute Gasteiger partial charge is 0.297 e. The minimum absolute atomic E-state index is 0.0796. The van der Waals surface area contributed by atoms with E-state index in [-0.39, 0.29) is 28.6 Å². The molecule has 0 saturated carbocycles. The molecule has 0 spiro atoms. The van der Waals surface area contributed by atoms with Crippen LogP contribution in [-0.2, 0) is 11.8 Å². The lowest BCUT2D eigenvalue weighted by Crippen LogP contribution is -2.31. The Bertz CT molecular complexity index is 2070. The van der Waals surface area contributed by atoms with Crippen LogP contribution >= 0.6 is 11.3 Å². The molecule has 3 aromatic carbocycles. The van der Waals surface area contributed by atoms with E-state index >= 15 is 0 Å². The monoisotopic (exact) mass is 607 g/mol. The van der Waals surface area contributed by atoms with Crippen molar-refractivity contribution in [2.24, 2.45) is 17.1 Å². The average molecular weight is 608 g/mol. The van der Waals surface area contributed by atoms with Gasteiger partial charge in [-0.1, -0.05) is 61.9 Å². The molecule has 1 aliphatic heterocycles. The first-order valence-electron chi connectivity index (χ1n) is 14.1. The number of rotatable bonds is 8. The summed E-state index contributed by atoms with van der Waals surface area (Å²) in [5.41, 5.74) is 3.88. The van der Waals surface area contributed by atoms with Crippen LogP contribution in [-0.4, -0.2) is 37.1 Å². The van der Waals surface area contributed by atoms with E-state index in [0.717, 1.165) is 18.5 Å². The molecular formula is C32H29N7O4S. The molecule has 44 heavy (non-hydrogen) atoms. The molecule has 222 valence electrons.